The molecule has 0 aromatic carbocycles. The Balaban J connectivity index is 4.50. The summed E-state index contributed by atoms with van der Waals surface area (Å²) in [6.45, 7) is 6.18. The van der Waals surface area contributed by atoms with Crippen LogP contribution in [-0.4, -0.2) is 53.2 Å². The summed E-state index contributed by atoms with van der Waals surface area (Å²) in [5.41, 5.74) is -0.655. The zero-order chi connectivity index (χ0) is 14.5. The van der Waals surface area contributed by atoms with Crippen LogP contribution in [0.25, 0.3) is 0 Å². The van der Waals surface area contributed by atoms with Gasteiger partial charge in [-0.1, -0.05) is 0 Å². The summed E-state index contributed by atoms with van der Waals surface area (Å²) in [6.07, 6.45) is -0.640. The van der Waals surface area contributed by atoms with Gasteiger partial charge in [0.25, 0.3) is 0 Å². The molecule has 0 bridgehead atoms. The third kappa shape index (κ3) is 6.72. The van der Waals surface area contributed by atoms with E-state index in [0.29, 0.717) is 0 Å². The van der Waals surface area contributed by atoms with Crippen LogP contribution in [0.4, 0.5) is 4.79 Å². The van der Waals surface area contributed by atoms with Crippen molar-refractivity contribution in [1.82, 2.24) is 10.2 Å². The largest absolute Gasteiger partial charge is 0.480 e. The second kappa shape index (κ2) is 6.23. The first-order valence-electron chi connectivity index (χ1n) is 5.47. The number of nitrogens with zero attached hydrogens (tertiary/aromatic N) is 1. The van der Waals surface area contributed by atoms with E-state index in [1.54, 1.807) is 20.8 Å². The molecule has 0 spiro atoms. The van der Waals surface area contributed by atoms with Crippen LogP contribution in [0.5, 0.6) is 0 Å². The number of hydrogen-bond donors (Lipinski definition) is 2. The van der Waals surface area contributed by atoms with Crippen molar-refractivity contribution < 1.29 is 24.2 Å². The van der Waals surface area contributed by atoms with Crippen molar-refractivity contribution in [3.05, 3.63) is 0 Å². The number of likely N-dealkylation sites (N-methyl/N-ethyl adjacent to an activating group) is 1. The summed E-state index contributed by atoms with van der Waals surface area (Å²) >= 11 is 0. The number of carboxylic acid groups (broad SMARTS) is 1. The summed E-state index contributed by atoms with van der Waals surface area (Å²) in [7, 11) is 1.41. The first-order chi connectivity index (χ1) is 8.03. The molecule has 1 unspecified atom stereocenters. The van der Waals surface area contributed by atoms with Crippen molar-refractivity contribution in [2.45, 2.75) is 39.3 Å². The molecule has 0 heterocycles. The van der Waals surface area contributed by atoms with Gasteiger partial charge < -0.3 is 20.1 Å². The van der Waals surface area contributed by atoms with Crippen molar-refractivity contribution >= 4 is 18.0 Å². The van der Waals surface area contributed by atoms with Crippen LogP contribution >= 0.6 is 0 Å². The maximum atomic E-state index is 11.6. The van der Waals surface area contributed by atoms with E-state index >= 15 is 0 Å². The van der Waals surface area contributed by atoms with Crippen molar-refractivity contribution in [2.24, 2.45) is 0 Å². The molecule has 0 aliphatic rings. The number of carbonyl (C=O) groups excluding carboxylic acids is 2. The Bertz CT molecular complexity index is 335. The monoisotopic (exact) mass is 260 g/mol. The molecular weight excluding hydrogens is 240 g/mol. The van der Waals surface area contributed by atoms with Gasteiger partial charge in [-0.25, -0.2) is 9.59 Å². The molecule has 18 heavy (non-hydrogen) atoms. The second-order valence-corrected chi connectivity index (χ2v) is 4.95. The Hall–Kier alpha value is -1.79. The molecule has 7 heteroatoms. The van der Waals surface area contributed by atoms with E-state index in [4.69, 9.17) is 9.84 Å². The number of carbonyl (C=O) groups is 3. The van der Waals surface area contributed by atoms with Gasteiger partial charge in [-0.3, -0.25) is 4.79 Å². The Morgan fingerprint density at radius 1 is 1.33 bits per heavy atom. The number of aliphatic carboxylic acids is 1. The van der Waals surface area contributed by atoms with Crippen molar-refractivity contribution in [1.29, 1.82) is 0 Å². The number of amides is 2. The standard InChI is InChI=1S/C11H20N2O5/c1-7(14)12-8(9(15)16)6-13(5)10(17)18-11(2,3)4/h8H,6H2,1-5H3,(H,12,14)(H,15,16). The summed E-state index contributed by atoms with van der Waals surface area (Å²) in [6, 6.07) is -1.15. The van der Waals surface area contributed by atoms with E-state index in [1.165, 1.54) is 14.0 Å². The van der Waals surface area contributed by atoms with Gasteiger partial charge in [0.15, 0.2) is 0 Å². The van der Waals surface area contributed by atoms with Crippen LogP contribution < -0.4 is 5.32 Å². The Labute approximate surface area is 106 Å². The molecular formula is C11H20N2O5. The lowest BCUT2D eigenvalue weighted by Gasteiger charge is -2.26. The minimum absolute atomic E-state index is 0.163. The molecule has 0 rings (SSSR count). The Morgan fingerprint density at radius 2 is 1.83 bits per heavy atom. The number of nitrogens with one attached hydrogen (secondary N) is 1. The van der Waals surface area contributed by atoms with Gasteiger partial charge >= 0.3 is 12.1 Å². The molecule has 0 fully saturated rings. The van der Waals surface area contributed by atoms with Crippen molar-refractivity contribution in [2.75, 3.05) is 13.6 Å². The molecule has 0 saturated heterocycles. The molecule has 0 aromatic rings. The fraction of sp³-hybridized carbons (Fsp3) is 0.727. The van der Waals surface area contributed by atoms with E-state index in [0.717, 1.165) is 4.90 Å². The molecule has 104 valence electrons. The van der Waals surface area contributed by atoms with Gasteiger partial charge in [-0.2, -0.15) is 0 Å². The zero-order valence-electron chi connectivity index (χ0n) is 11.3. The van der Waals surface area contributed by atoms with Crippen molar-refractivity contribution in [3.8, 4) is 0 Å². The van der Waals surface area contributed by atoms with E-state index in [1.807, 2.05) is 0 Å². The number of hydrogen-bond acceptors (Lipinski definition) is 4. The van der Waals surface area contributed by atoms with Crippen molar-refractivity contribution in [3.63, 3.8) is 0 Å². The van der Waals surface area contributed by atoms with Crippen LogP contribution in [0, 0.1) is 0 Å². The Morgan fingerprint density at radius 3 is 2.17 bits per heavy atom. The third-order valence-electron chi connectivity index (χ3n) is 1.84. The van der Waals surface area contributed by atoms with Gasteiger partial charge in [0, 0.05) is 14.0 Å². The van der Waals surface area contributed by atoms with E-state index < -0.39 is 29.6 Å². The maximum Gasteiger partial charge on any atom is 0.410 e. The summed E-state index contributed by atoms with van der Waals surface area (Å²) < 4.78 is 5.07. The van der Waals surface area contributed by atoms with Gasteiger partial charge in [0.2, 0.25) is 5.91 Å². The Kier molecular flexibility index (Phi) is 5.61. The third-order valence-corrected chi connectivity index (χ3v) is 1.84. The van der Waals surface area contributed by atoms with Crippen LogP contribution in [-0.2, 0) is 14.3 Å². The minimum atomic E-state index is -1.21. The SMILES string of the molecule is CC(=O)NC(CN(C)C(=O)OC(C)(C)C)C(=O)O. The lowest BCUT2D eigenvalue weighted by atomic mass is 10.2. The lowest BCUT2D eigenvalue weighted by Crippen LogP contribution is -2.49. The smallest absolute Gasteiger partial charge is 0.410 e. The molecule has 0 aromatic heterocycles. The van der Waals surface area contributed by atoms with Crippen LogP contribution in [0.3, 0.4) is 0 Å². The first kappa shape index (κ1) is 16.2. The molecule has 0 aliphatic heterocycles. The summed E-state index contributed by atoms with van der Waals surface area (Å²) in [5.74, 6) is -1.68. The fourth-order valence-electron chi connectivity index (χ4n) is 1.12. The van der Waals surface area contributed by atoms with Gasteiger partial charge in [-0.05, 0) is 20.8 Å². The number of ether oxygens (including phenoxy) is 1. The summed E-state index contributed by atoms with van der Waals surface area (Å²) in [5, 5.41) is 11.1. The summed E-state index contributed by atoms with van der Waals surface area (Å²) in [4.78, 5) is 34.4. The lowest BCUT2D eigenvalue weighted by molar-refractivity contribution is -0.141. The predicted octanol–water partition coefficient (Wildman–Crippen LogP) is 0.443. The molecule has 2 amide bonds. The van der Waals surface area contributed by atoms with E-state index in [-0.39, 0.29) is 6.54 Å². The maximum absolute atomic E-state index is 11.6. The van der Waals surface area contributed by atoms with E-state index in [9.17, 15) is 14.4 Å². The van der Waals surface area contributed by atoms with Crippen LogP contribution in [0.15, 0.2) is 0 Å². The molecule has 2 N–H and O–H groups in total. The zero-order valence-corrected chi connectivity index (χ0v) is 11.3. The number of rotatable bonds is 4. The topological polar surface area (TPSA) is 95.9 Å². The molecule has 7 nitrogen and oxygen atoms in total. The normalized spacial score (nSPS) is 12.5. The molecule has 0 radical (unpaired) electrons. The highest BCUT2D eigenvalue weighted by Gasteiger charge is 2.25. The quantitative estimate of drug-likeness (QED) is 0.764. The minimum Gasteiger partial charge on any atom is -0.480 e. The van der Waals surface area contributed by atoms with Crippen LogP contribution in [0.2, 0.25) is 0 Å². The second-order valence-electron chi connectivity index (χ2n) is 4.95. The van der Waals surface area contributed by atoms with Gasteiger partial charge in [0.1, 0.15) is 11.6 Å². The first-order valence-corrected chi connectivity index (χ1v) is 5.47. The average Bonchev–Trinajstić information content (AvgIpc) is 2.12. The molecule has 0 aliphatic carbocycles. The number of carboxylic acids is 1. The van der Waals surface area contributed by atoms with E-state index in [2.05, 4.69) is 5.32 Å². The highest BCUT2D eigenvalue weighted by Crippen LogP contribution is 2.09. The van der Waals surface area contributed by atoms with Gasteiger partial charge in [-0.15, -0.1) is 0 Å². The molecule has 1 atom stereocenters. The van der Waals surface area contributed by atoms with Crippen LogP contribution in [0.1, 0.15) is 27.7 Å². The molecule has 0 saturated carbocycles. The highest BCUT2D eigenvalue weighted by molar-refractivity contribution is 5.82. The fourth-order valence-corrected chi connectivity index (χ4v) is 1.12. The average molecular weight is 260 g/mol. The van der Waals surface area contributed by atoms with Gasteiger partial charge in [0.05, 0.1) is 6.54 Å². The highest BCUT2D eigenvalue weighted by atomic mass is 16.6. The predicted molar refractivity (Wildman–Crippen MR) is 64.1 cm³/mol.